The van der Waals surface area contributed by atoms with Crippen LogP contribution < -0.4 is 10.6 Å². The Labute approximate surface area is 167 Å². The van der Waals surface area contributed by atoms with Crippen molar-refractivity contribution in [3.8, 4) is 0 Å². The van der Waals surface area contributed by atoms with Gasteiger partial charge in [-0.3, -0.25) is 14.8 Å². The highest BCUT2D eigenvalue weighted by Gasteiger charge is 2.13. The number of rotatable bonds is 5. The van der Waals surface area contributed by atoms with E-state index in [0.29, 0.717) is 12.1 Å². The number of hydrogen-bond acceptors (Lipinski definition) is 5. The van der Waals surface area contributed by atoms with Gasteiger partial charge in [0.15, 0.2) is 0 Å². The molecule has 3 aromatic heterocycles. The highest BCUT2D eigenvalue weighted by Crippen LogP contribution is 2.16. The summed E-state index contributed by atoms with van der Waals surface area (Å²) < 4.78 is 2.04. The molecule has 4 heterocycles. The summed E-state index contributed by atoms with van der Waals surface area (Å²) in [4.78, 5) is 19.7. The molecule has 1 amide bonds. The van der Waals surface area contributed by atoms with E-state index in [9.17, 15) is 4.79 Å². The van der Waals surface area contributed by atoms with E-state index in [1.54, 1.807) is 12.3 Å². The number of nitrogens with zero attached hydrogens (tertiary/aromatic N) is 4. The van der Waals surface area contributed by atoms with Crippen LogP contribution in [-0.2, 0) is 13.1 Å². The quantitative estimate of drug-likeness (QED) is 0.482. The molecule has 1 aliphatic rings. The number of carbonyl (C=O) groups is 1. The number of piperazine rings is 1. The summed E-state index contributed by atoms with van der Waals surface area (Å²) in [5.74, 6) is -0.131. The van der Waals surface area contributed by atoms with Gasteiger partial charge in [0.2, 0.25) is 0 Å². The maximum absolute atomic E-state index is 12.6. The predicted octanol–water partition coefficient (Wildman–Crippen LogP) is 1.55. The minimum absolute atomic E-state index is 0.131. The van der Waals surface area contributed by atoms with Crippen molar-refractivity contribution in [1.29, 1.82) is 0 Å². The van der Waals surface area contributed by atoms with Crippen molar-refractivity contribution in [2.75, 3.05) is 26.2 Å². The molecule has 0 radical (unpaired) electrons. The van der Waals surface area contributed by atoms with Crippen molar-refractivity contribution in [3.05, 3.63) is 65.7 Å². The van der Waals surface area contributed by atoms with Crippen LogP contribution >= 0.6 is 0 Å². The van der Waals surface area contributed by atoms with Gasteiger partial charge >= 0.3 is 0 Å². The second-order valence-corrected chi connectivity index (χ2v) is 7.38. The summed E-state index contributed by atoms with van der Waals surface area (Å²) in [5, 5.41) is 14.1. The van der Waals surface area contributed by atoms with Crippen molar-refractivity contribution >= 4 is 22.5 Å². The number of amides is 1. The van der Waals surface area contributed by atoms with Gasteiger partial charge in [-0.1, -0.05) is 12.1 Å². The van der Waals surface area contributed by atoms with Gasteiger partial charge in [0.05, 0.1) is 29.5 Å². The van der Waals surface area contributed by atoms with Crippen LogP contribution in [0.4, 0.5) is 0 Å². The van der Waals surface area contributed by atoms with Crippen LogP contribution in [0.5, 0.6) is 0 Å². The van der Waals surface area contributed by atoms with E-state index in [0.717, 1.165) is 55.0 Å². The normalized spacial score (nSPS) is 15.2. The summed E-state index contributed by atoms with van der Waals surface area (Å²) in [6.07, 6.45) is 5.78. The fraction of sp³-hybridized carbons (Fsp3) is 0.286. The van der Waals surface area contributed by atoms with Gasteiger partial charge in [0.1, 0.15) is 5.65 Å². The fourth-order valence-electron chi connectivity index (χ4n) is 3.83. The summed E-state index contributed by atoms with van der Waals surface area (Å²) >= 11 is 0. The molecule has 5 rings (SSSR count). The molecular weight excluding hydrogens is 366 g/mol. The van der Waals surface area contributed by atoms with E-state index < -0.39 is 0 Å². The van der Waals surface area contributed by atoms with Crippen molar-refractivity contribution in [2.45, 2.75) is 13.1 Å². The first kappa shape index (κ1) is 17.8. The van der Waals surface area contributed by atoms with Crippen LogP contribution in [0.2, 0.25) is 0 Å². The number of fused-ring (bicyclic) bond motifs is 2. The maximum Gasteiger partial charge on any atom is 0.252 e. The SMILES string of the molecule is O=C(NCc1cn2cc(CN3CCNCC3)ccc2n1)c1cccc2[nH]ncc12. The molecule has 0 aliphatic carbocycles. The minimum atomic E-state index is -0.131. The number of imidazole rings is 1. The number of pyridine rings is 1. The van der Waals surface area contributed by atoms with Gasteiger partial charge in [-0.2, -0.15) is 5.10 Å². The Morgan fingerprint density at radius 3 is 2.93 bits per heavy atom. The number of benzene rings is 1. The zero-order chi connectivity index (χ0) is 19.6. The molecule has 1 fully saturated rings. The number of H-pyrrole nitrogens is 1. The first-order valence-electron chi connectivity index (χ1n) is 9.86. The van der Waals surface area contributed by atoms with Gasteiger partial charge in [0.25, 0.3) is 5.91 Å². The van der Waals surface area contributed by atoms with E-state index in [4.69, 9.17) is 0 Å². The molecule has 1 aromatic carbocycles. The van der Waals surface area contributed by atoms with Crippen LogP contribution in [-0.4, -0.2) is 56.6 Å². The van der Waals surface area contributed by atoms with Crippen LogP contribution in [0.15, 0.2) is 48.9 Å². The summed E-state index contributed by atoms with van der Waals surface area (Å²) in [6, 6.07) is 9.72. The van der Waals surface area contributed by atoms with Gasteiger partial charge in [0, 0.05) is 50.5 Å². The molecule has 29 heavy (non-hydrogen) atoms. The van der Waals surface area contributed by atoms with Gasteiger partial charge in [-0.15, -0.1) is 0 Å². The Kier molecular flexibility index (Phi) is 4.71. The smallest absolute Gasteiger partial charge is 0.252 e. The number of aromatic amines is 1. The van der Waals surface area contributed by atoms with Crippen molar-refractivity contribution in [2.24, 2.45) is 0 Å². The number of hydrogen-bond donors (Lipinski definition) is 3. The van der Waals surface area contributed by atoms with Crippen LogP contribution in [0.25, 0.3) is 16.6 Å². The number of nitrogens with one attached hydrogen (secondary N) is 3. The summed E-state index contributed by atoms with van der Waals surface area (Å²) in [6.45, 7) is 5.55. The van der Waals surface area contributed by atoms with Crippen LogP contribution in [0.1, 0.15) is 21.6 Å². The van der Waals surface area contributed by atoms with Gasteiger partial charge in [-0.25, -0.2) is 4.98 Å². The molecule has 148 valence electrons. The summed E-state index contributed by atoms with van der Waals surface area (Å²) in [7, 11) is 0. The summed E-state index contributed by atoms with van der Waals surface area (Å²) in [5.41, 5.74) is 4.44. The second kappa shape index (κ2) is 7.65. The van der Waals surface area contributed by atoms with Gasteiger partial charge < -0.3 is 15.0 Å². The molecule has 4 aromatic rings. The first-order valence-corrected chi connectivity index (χ1v) is 9.86. The predicted molar refractivity (Wildman–Crippen MR) is 111 cm³/mol. The first-order chi connectivity index (χ1) is 14.3. The average Bonchev–Trinajstić information content (AvgIpc) is 3.38. The Bertz CT molecular complexity index is 1160. The molecule has 0 unspecified atom stereocenters. The number of carbonyl (C=O) groups excluding carboxylic acids is 1. The standard InChI is InChI=1S/C21H23N7O/c29-21(17-2-1-3-19-18(17)11-24-26-19)23-10-16-14-28-13-15(4-5-20(28)25-16)12-27-8-6-22-7-9-27/h1-5,11,13-14,22H,6-10,12H2,(H,23,29)(H,24,26). The lowest BCUT2D eigenvalue weighted by Crippen LogP contribution is -2.42. The zero-order valence-corrected chi connectivity index (χ0v) is 16.1. The third kappa shape index (κ3) is 3.72. The Hall–Kier alpha value is -3.23. The molecular formula is C21H23N7O. The Morgan fingerprint density at radius 1 is 1.14 bits per heavy atom. The second-order valence-electron chi connectivity index (χ2n) is 7.38. The lowest BCUT2D eigenvalue weighted by molar-refractivity contribution is 0.0952. The van der Waals surface area contributed by atoms with Gasteiger partial charge in [-0.05, 0) is 23.8 Å². The van der Waals surface area contributed by atoms with Crippen LogP contribution in [0.3, 0.4) is 0 Å². The highest BCUT2D eigenvalue weighted by atomic mass is 16.1. The largest absolute Gasteiger partial charge is 0.346 e. The zero-order valence-electron chi connectivity index (χ0n) is 16.1. The Balaban J connectivity index is 1.28. The van der Waals surface area contributed by atoms with E-state index in [1.807, 2.05) is 28.8 Å². The third-order valence-corrected chi connectivity index (χ3v) is 5.34. The molecule has 1 saturated heterocycles. The molecule has 1 aliphatic heterocycles. The maximum atomic E-state index is 12.6. The van der Waals surface area contributed by atoms with E-state index in [1.165, 1.54) is 5.56 Å². The molecule has 3 N–H and O–H groups in total. The number of aromatic nitrogens is 4. The lowest BCUT2D eigenvalue weighted by Gasteiger charge is -2.27. The molecule has 0 atom stereocenters. The van der Waals surface area contributed by atoms with E-state index in [2.05, 4.69) is 43.0 Å². The molecule has 0 spiro atoms. The van der Waals surface area contributed by atoms with Crippen LogP contribution in [0, 0.1) is 0 Å². The highest BCUT2D eigenvalue weighted by molar-refractivity contribution is 6.05. The average molecular weight is 389 g/mol. The van der Waals surface area contributed by atoms with E-state index >= 15 is 0 Å². The monoisotopic (exact) mass is 389 g/mol. The Morgan fingerprint density at radius 2 is 2.03 bits per heavy atom. The third-order valence-electron chi connectivity index (χ3n) is 5.34. The van der Waals surface area contributed by atoms with Crippen molar-refractivity contribution < 1.29 is 4.79 Å². The van der Waals surface area contributed by atoms with Crippen molar-refractivity contribution in [1.82, 2.24) is 35.1 Å². The van der Waals surface area contributed by atoms with Crippen molar-refractivity contribution in [3.63, 3.8) is 0 Å². The molecule has 8 nitrogen and oxygen atoms in total. The molecule has 8 heteroatoms. The lowest BCUT2D eigenvalue weighted by atomic mass is 10.1. The fourth-order valence-corrected chi connectivity index (χ4v) is 3.83. The molecule has 0 bridgehead atoms. The minimum Gasteiger partial charge on any atom is -0.346 e. The molecule has 0 saturated carbocycles. The van der Waals surface area contributed by atoms with E-state index in [-0.39, 0.29) is 5.91 Å². The topological polar surface area (TPSA) is 90.4 Å².